The topological polar surface area (TPSA) is 67.2 Å². The second kappa shape index (κ2) is 4.99. The van der Waals surface area contributed by atoms with Gasteiger partial charge in [0.05, 0.1) is 6.20 Å². The van der Waals surface area contributed by atoms with E-state index in [4.69, 9.17) is 0 Å². The van der Waals surface area contributed by atoms with Crippen LogP contribution in [0.15, 0.2) is 17.3 Å². The number of nitrogens with one attached hydrogen (secondary N) is 1. The Kier molecular flexibility index (Phi) is 3.74. The Morgan fingerprint density at radius 1 is 1.50 bits per heavy atom. The first-order valence-corrected chi connectivity index (χ1v) is 7.64. The van der Waals surface area contributed by atoms with E-state index in [1.807, 2.05) is 20.8 Å². The van der Waals surface area contributed by atoms with Crippen molar-refractivity contribution < 1.29 is 8.42 Å². The molecule has 102 valence electrons. The molecule has 6 nitrogen and oxygen atoms in total. The normalized spacial score (nSPS) is 22.6. The average Bonchev–Trinajstić information content (AvgIpc) is 2.78. The van der Waals surface area contributed by atoms with Gasteiger partial charge in [-0.1, -0.05) is 0 Å². The van der Waals surface area contributed by atoms with Gasteiger partial charge in [-0.3, -0.25) is 4.68 Å². The van der Waals surface area contributed by atoms with Crippen LogP contribution in [0.1, 0.15) is 26.8 Å². The van der Waals surface area contributed by atoms with Gasteiger partial charge in [0.25, 0.3) is 10.0 Å². The van der Waals surface area contributed by atoms with Gasteiger partial charge >= 0.3 is 0 Å². The van der Waals surface area contributed by atoms with E-state index in [2.05, 4.69) is 10.4 Å². The summed E-state index contributed by atoms with van der Waals surface area (Å²) < 4.78 is 28.4. The Morgan fingerprint density at radius 3 is 2.83 bits per heavy atom. The molecular weight excluding hydrogens is 252 g/mol. The zero-order chi connectivity index (χ0) is 13.3. The molecule has 0 amide bonds. The van der Waals surface area contributed by atoms with Crippen LogP contribution in [0.25, 0.3) is 0 Å². The standard InChI is InChI=1S/C11H20N4O2S/c1-9(2)15-11(4-5-13-15)18(16,17)14-7-6-12-8-10(14)3/h4-5,9-10,12H,6-8H2,1-3H3/t10-/m1/s1. The average molecular weight is 272 g/mol. The summed E-state index contributed by atoms with van der Waals surface area (Å²) in [4.78, 5) is 0. The summed E-state index contributed by atoms with van der Waals surface area (Å²) in [6, 6.07) is 1.58. The molecule has 1 aliphatic rings. The SMILES string of the molecule is CC(C)n1nccc1S(=O)(=O)N1CCNC[C@H]1C. The lowest BCUT2D eigenvalue weighted by Gasteiger charge is -2.33. The lowest BCUT2D eigenvalue weighted by Crippen LogP contribution is -2.52. The predicted molar refractivity (Wildman–Crippen MR) is 68.8 cm³/mol. The summed E-state index contributed by atoms with van der Waals surface area (Å²) in [5.41, 5.74) is 0. The molecule has 0 bridgehead atoms. The summed E-state index contributed by atoms with van der Waals surface area (Å²) in [6.07, 6.45) is 1.54. The van der Waals surface area contributed by atoms with Gasteiger partial charge in [0.15, 0.2) is 5.03 Å². The fraction of sp³-hybridized carbons (Fsp3) is 0.727. The highest BCUT2D eigenvalue weighted by Gasteiger charge is 2.33. The summed E-state index contributed by atoms with van der Waals surface area (Å²) >= 11 is 0. The van der Waals surface area contributed by atoms with Crippen LogP contribution in [0.4, 0.5) is 0 Å². The van der Waals surface area contributed by atoms with E-state index in [-0.39, 0.29) is 17.1 Å². The van der Waals surface area contributed by atoms with E-state index < -0.39 is 10.0 Å². The maximum atomic E-state index is 12.6. The van der Waals surface area contributed by atoms with Crippen molar-refractivity contribution in [3.8, 4) is 0 Å². The molecule has 0 saturated carbocycles. The smallest absolute Gasteiger partial charge is 0.260 e. The second-order valence-corrected chi connectivity index (χ2v) is 6.71. The van der Waals surface area contributed by atoms with E-state index in [1.54, 1.807) is 21.3 Å². The molecule has 0 spiro atoms. The lowest BCUT2D eigenvalue weighted by molar-refractivity contribution is 0.280. The van der Waals surface area contributed by atoms with Crippen LogP contribution in [0, 0.1) is 0 Å². The number of aromatic nitrogens is 2. The van der Waals surface area contributed by atoms with E-state index >= 15 is 0 Å². The number of nitrogens with zero attached hydrogens (tertiary/aromatic N) is 3. The third kappa shape index (κ3) is 2.30. The van der Waals surface area contributed by atoms with Crippen molar-refractivity contribution in [2.45, 2.75) is 37.9 Å². The van der Waals surface area contributed by atoms with Gasteiger partial charge in [0.1, 0.15) is 0 Å². The van der Waals surface area contributed by atoms with Gasteiger partial charge in [-0.2, -0.15) is 9.40 Å². The summed E-state index contributed by atoms with van der Waals surface area (Å²) in [5, 5.41) is 7.57. The first-order valence-electron chi connectivity index (χ1n) is 6.20. The number of sulfonamides is 1. The van der Waals surface area contributed by atoms with Gasteiger partial charge in [-0.05, 0) is 26.8 Å². The van der Waals surface area contributed by atoms with Crippen LogP contribution < -0.4 is 5.32 Å². The highest BCUT2D eigenvalue weighted by atomic mass is 32.2. The molecule has 2 heterocycles. The van der Waals surface area contributed by atoms with Crippen LogP contribution in [0.5, 0.6) is 0 Å². The number of piperazine rings is 1. The molecule has 0 aliphatic carbocycles. The Hall–Kier alpha value is -0.920. The highest BCUT2D eigenvalue weighted by Crippen LogP contribution is 2.21. The van der Waals surface area contributed by atoms with Crippen molar-refractivity contribution >= 4 is 10.0 Å². The molecule has 2 rings (SSSR count). The summed E-state index contributed by atoms with van der Waals surface area (Å²) in [7, 11) is -3.45. The second-order valence-electron chi connectivity index (χ2n) is 4.88. The molecule has 1 fully saturated rings. The van der Waals surface area contributed by atoms with E-state index in [0.29, 0.717) is 19.6 Å². The maximum Gasteiger partial charge on any atom is 0.260 e. The van der Waals surface area contributed by atoms with Gasteiger partial charge < -0.3 is 5.32 Å². The lowest BCUT2D eigenvalue weighted by atomic mass is 10.3. The summed E-state index contributed by atoms with van der Waals surface area (Å²) in [5.74, 6) is 0. The highest BCUT2D eigenvalue weighted by molar-refractivity contribution is 7.89. The number of rotatable bonds is 3. The largest absolute Gasteiger partial charge is 0.314 e. The molecule has 1 atom stereocenters. The first kappa shape index (κ1) is 13.5. The third-order valence-corrected chi connectivity index (χ3v) is 5.15. The maximum absolute atomic E-state index is 12.6. The molecule has 0 aromatic carbocycles. The van der Waals surface area contributed by atoms with E-state index in [9.17, 15) is 8.42 Å². The zero-order valence-corrected chi connectivity index (χ0v) is 11.8. The quantitative estimate of drug-likeness (QED) is 0.867. The monoisotopic (exact) mass is 272 g/mol. The fourth-order valence-electron chi connectivity index (χ4n) is 2.19. The Labute approximate surface area is 108 Å². The molecule has 1 saturated heterocycles. The number of hydrogen-bond acceptors (Lipinski definition) is 4. The van der Waals surface area contributed by atoms with E-state index in [0.717, 1.165) is 0 Å². The van der Waals surface area contributed by atoms with Gasteiger partial charge in [0, 0.05) is 31.7 Å². The minimum atomic E-state index is -3.45. The van der Waals surface area contributed by atoms with Crippen LogP contribution in [-0.4, -0.2) is 48.2 Å². The van der Waals surface area contributed by atoms with Crippen molar-refractivity contribution in [3.05, 3.63) is 12.3 Å². The van der Waals surface area contributed by atoms with Crippen molar-refractivity contribution in [3.63, 3.8) is 0 Å². The fourth-order valence-corrected chi connectivity index (χ4v) is 4.04. The third-order valence-electron chi connectivity index (χ3n) is 3.14. The molecule has 0 unspecified atom stereocenters. The molecule has 1 aromatic heterocycles. The molecule has 18 heavy (non-hydrogen) atoms. The Morgan fingerprint density at radius 2 is 2.22 bits per heavy atom. The predicted octanol–water partition coefficient (Wildman–Crippen LogP) is 0.446. The minimum Gasteiger partial charge on any atom is -0.314 e. The van der Waals surface area contributed by atoms with Crippen molar-refractivity contribution in [2.24, 2.45) is 0 Å². The molecule has 1 N–H and O–H groups in total. The number of hydrogen-bond donors (Lipinski definition) is 1. The van der Waals surface area contributed by atoms with Crippen LogP contribution in [0.3, 0.4) is 0 Å². The minimum absolute atomic E-state index is 0.0285. The first-order chi connectivity index (χ1) is 8.44. The molecule has 0 radical (unpaired) electrons. The molecule has 7 heteroatoms. The van der Waals surface area contributed by atoms with Crippen LogP contribution in [0.2, 0.25) is 0 Å². The Balaban J connectivity index is 2.38. The zero-order valence-electron chi connectivity index (χ0n) is 11.0. The molecular formula is C11H20N4O2S. The summed E-state index contributed by atoms with van der Waals surface area (Å²) in [6.45, 7) is 7.65. The molecule has 1 aromatic rings. The van der Waals surface area contributed by atoms with Crippen LogP contribution in [-0.2, 0) is 10.0 Å². The molecule has 1 aliphatic heterocycles. The van der Waals surface area contributed by atoms with E-state index in [1.165, 1.54) is 0 Å². The van der Waals surface area contributed by atoms with Crippen molar-refractivity contribution in [1.82, 2.24) is 19.4 Å². The van der Waals surface area contributed by atoms with Crippen molar-refractivity contribution in [1.29, 1.82) is 0 Å². The van der Waals surface area contributed by atoms with Gasteiger partial charge in [0.2, 0.25) is 0 Å². The Bertz CT molecular complexity index is 509. The van der Waals surface area contributed by atoms with Gasteiger partial charge in [-0.15, -0.1) is 0 Å². The van der Waals surface area contributed by atoms with Crippen LogP contribution >= 0.6 is 0 Å². The van der Waals surface area contributed by atoms with Gasteiger partial charge in [-0.25, -0.2) is 8.42 Å². The van der Waals surface area contributed by atoms with Crippen molar-refractivity contribution in [2.75, 3.05) is 19.6 Å².